The van der Waals surface area contributed by atoms with Gasteiger partial charge in [0.25, 0.3) is 10.0 Å². The summed E-state index contributed by atoms with van der Waals surface area (Å²) in [4.78, 5) is 0.223. The third-order valence-electron chi connectivity index (χ3n) is 3.77. The second-order valence-electron chi connectivity index (χ2n) is 6.02. The van der Waals surface area contributed by atoms with Gasteiger partial charge in [0.2, 0.25) is 15.2 Å². The number of nitrogens with zero attached hydrogens (tertiary/aromatic N) is 2. The van der Waals surface area contributed by atoms with E-state index in [1.807, 2.05) is 6.92 Å². The van der Waals surface area contributed by atoms with Gasteiger partial charge in [-0.1, -0.05) is 40.6 Å². The zero-order chi connectivity index (χ0) is 21.1. The number of halogens is 1. The summed E-state index contributed by atoms with van der Waals surface area (Å²) in [6, 6.07) is 12.2. The molecule has 0 aliphatic heterocycles. The second kappa shape index (κ2) is 8.76. The van der Waals surface area contributed by atoms with Crippen LogP contribution in [0.4, 0.5) is 5.13 Å². The van der Waals surface area contributed by atoms with Crippen LogP contribution in [-0.4, -0.2) is 33.6 Å². The van der Waals surface area contributed by atoms with Crippen LogP contribution in [0.15, 0.2) is 58.3 Å². The molecule has 29 heavy (non-hydrogen) atoms. The first-order valence-corrected chi connectivity index (χ1v) is 12.5. The maximum absolute atomic E-state index is 12.3. The molecule has 0 atom stereocenters. The van der Waals surface area contributed by atoms with Crippen LogP contribution in [-0.2, 0) is 26.5 Å². The van der Waals surface area contributed by atoms with Crippen molar-refractivity contribution in [1.82, 2.24) is 14.9 Å². The smallest absolute Gasteiger partial charge is 0.253 e. The van der Waals surface area contributed by atoms with Crippen LogP contribution in [0.3, 0.4) is 0 Å². The molecule has 3 aromatic rings. The van der Waals surface area contributed by atoms with E-state index in [0.29, 0.717) is 10.0 Å². The first kappa shape index (κ1) is 21.7. The van der Waals surface area contributed by atoms with Gasteiger partial charge in [-0.3, -0.25) is 4.72 Å². The average molecular weight is 473 g/mol. The fourth-order valence-corrected chi connectivity index (χ4v) is 5.40. The lowest BCUT2D eigenvalue weighted by molar-refractivity contribution is 0.581. The molecule has 0 spiro atoms. The fraction of sp³-hybridized carbons (Fsp3) is 0.176. The van der Waals surface area contributed by atoms with Crippen LogP contribution < -0.4 is 9.44 Å². The normalized spacial score (nSPS) is 12.1. The predicted octanol–water partition coefficient (Wildman–Crippen LogP) is 2.82. The van der Waals surface area contributed by atoms with Crippen molar-refractivity contribution in [3.63, 3.8) is 0 Å². The molecular weight excluding hydrogens is 456 g/mol. The summed E-state index contributed by atoms with van der Waals surface area (Å²) >= 11 is 6.80. The monoisotopic (exact) mass is 472 g/mol. The Morgan fingerprint density at radius 3 is 2.14 bits per heavy atom. The Morgan fingerprint density at radius 1 is 0.897 bits per heavy atom. The number of aryl methyl sites for hydroxylation is 1. The van der Waals surface area contributed by atoms with Gasteiger partial charge in [0.05, 0.1) is 9.79 Å². The standard InChI is InChI=1S/C17H17ClN4O4S3/c1-12-2-6-14(7-3-12)28(23,24)19-11-10-16-20-21-17(27-16)22-29(25,26)15-8-4-13(18)5-9-15/h2-9,19H,10-11H2,1H3,(H,21,22). The number of hydrogen-bond donors (Lipinski definition) is 2. The Bertz CT molecular complexity index is 1190. The van der Waals surface area contributed by atoms with E-state index in [9.17, 15) is 16.8 Å². The topological polar surface area (TPSA) is 118 Å². The number of hydrogen-bond acceptors (Lipinski definition) is 7. The Morgan fingerprint density at radius 2 is 1.48 bits per heavy atom. The van der Waals surface area contributed by atoms with Crippen LogP contribution in [0.1, 0.15) is 10.6 Å². The number of nitrogens with one attached hydrogen (secondary N) is 2. The van der Waals surface area contributed by atoms with E-state index in [0.717, 1.165) is 16.9 Å². The minimum absolute atomic E-state index is 0.0458. The minimum Gasteiger partial charge on any atom is -0.253 e. The SMILES string of the molecule is Cc1ccc(S(=O)(=O)NCCc2nnc(NS(=O)(=O)c3ccc(Cl)cc3)s2)cc1. The Balaban J connectivity index is 1.59. The van der Waals surface area contributed by atoms with E-state index in [4.69, 9.17) is 11.6 Å². The molecule has 12 heteroatoms. The quantitative estimate of drug-likeness (QED) is 0.520. The van der Waals surface area contributed by atoms with E-state index in [-0.39, 0.29) is 27.9 Å². The molecule has 8 nitrogen and oxygen atoms in total. The lowest BCUT2D eigenvalue weighted by atomic mass is 10.2. The molecular formula is C17H17ClN4O4S3. The summed E-state index contributed by atoms with van der Waals surface area (Å²) in [6.45, 7) is 1.98. The highest BCUT2D eigenvalue weighted by atomic mass is 35.5. The van der Waals surface area contributed by atoms with E-state index >= 15 is 0 Å². The summed E-state index contributed by atoms with van der Waals surface area (Å²) in [7, 11) is -7.44. The molecule has 3 rings (SSSR count). The molecule has 0 radical (unpaired) electrons. The van der Waals surface area contributed by atoms with Gasteiger partial charge in [-0.2, -0.15) is 0 Å². The van der Waals surface area contributed by atoms with Gasteiger partial charge in [-0.15, -0.1) is 10.2 Å². The van der Waals surface area contributed by atoms with E-state index in [1.165, 1.54) is 36.4 Å². The molecule has 1 heterocycles. The third kappa shape index (κ3) is 5.73. The van der Waals surface area contributed by atoms with Crippen LogP contribution in [0.25, 0.3) is 0 Å². The summed E-state index contributed by atoms with van der Waals surface area (Å²) in [6.07, 6.45) is 0.269. The second-order valence-corrected chi connectivity index (χ2v) is 11.0. The number of anilines is 1. The first-order valence-electron chi connectivity index (χ1n) is 8.33. The molecule has 2 aromatic carbocycles. The van der Waals surface area contributed by atoms with Crippen molar-refractivity contribution in [2.24, 2.45) is 0 Å². The molecule has 2 N–H and O–H groups in total. The molecule has 0 aliphatic carbocycles. The third-order valence-corrected chi connectivity index (χ3v) is 7.89. The predicted molar refractivity (Wildman–Crippen MR) is 112 cm³/mol. The van der Waals surface area contributed by atoms with Crippen molar-refractivity contribution in [1.29, 1.82) is 0 Å². The summed E-state index contributed by atoms with van der Waals surface area (Å²) in [5, 5.41) is 8.71. The largest absolute Gasteiger partial charge is 0.263 e. The highest BCUT2D eigenvalue weighted by Gasteiger charge is 2.17. The van der Waals surface area contributed by atoms with E-state index < -0.39 is 20.0 Å². The van der Waals surface area contributed by atoms with Crippen LogP contribution >= 0.6 is 22.9 Å². The van der Waals surface area contributed by atoms with Crippen molar-refractivity contribution >= 4 is 48.1 Å². The molecule has 0 saturated heterocycles. The summed E-state index contributed by atoms with van der Waals surface area (Å²) in [5.41, 5.74) is 0.964. The molecule has 0 amide bonds. The first-order chi connectivity index (χ1) is 13.7. The maximum Gasteiger partial charge on any atom is 0.263 e. The van der Waals surface area contributed by atoms with Crippen molar-refractivity contribution < 1.29 is 16.8 Å². The van der Waals surface area contributed by atoms with Crippen LogP contribution in [0.5, 0.6) is 0 Å². The number of aromatic nitrogens is 2. The summed E-state index contributed by atoms with van der Waals surface area (Å²) < 4.78 is 54.0. The van der Waals surface area contributed by atoms with Gasteiger partial charge in [0.1, 0.15) is 5.01 Å². The molecule has 0 aliphatic rings. The average Bonchev–Trinajstić information content (AvgIpc) is 3.09. The lowest BCUT2D eigenvalue weighted by Gasteiger charge is -2.06. The Kier molecular flexibility index (Phi) is 6.54. The van der Waals surface area contributed by atoms with Crippen molar-refractivity contribution in [2.75, 3.05) is 11.3 Å². The molecule has 0 bridgehead atoms. The van der Waals surface area contributed by atoms with Gasteiger partial charge in [0, 0.05) is 18.0 Å². The fourth-order valence-electron chi connectivity index (χ4n) is 2.28. The van der Waals surface area contributed by atoms with Crippen molar-refractivity contribution in [2.45, 2.75) is 23.1 Å². The van der Waals surface area contributed by atoms with Crippen molar-refractivity contribution in [3.8, 4) is 0 Å². The van der Waals surface area contributed by atoms with Gasteiger partial charge < -0.3 is 0 Å². The highest BCUT2D eigenvalue weighted by Crippen LogP contribution is 2.21. The van der Waals surface area contributed by atoms with Crippen LogP contribution in [0.2, 0.25) is 5.02 Å². The highest BCUT2D eigenvalue weighted by molar-refractivity contribution is 7.93. The minimum atomic E-state index is -3.81. The van der Waals surface area contributed by atoms with Gasteiger partial charge >= 0.3 is 0 Å². The number of rotatable bonds is 8. The summed E-state index contributed by atoms with van der Waals surface area (Å²) in [5.74, 6) is 0. The van der Waals surface area contributed by atoms with E-state index in [2.05, 4.69) is 19.6 Å². The van der Waals surface area contributed by atoms with Gasteiger partial charge in [-0.25, -0.2) is 21.6 Å². The molecule has 0 saturated carbocycles. The van der Waals surface area contributed by atoms with Gasteiger partial charge in [0.15, 0.2) is 0 Å². The number of benzene rings is 2. The van der Waals surface area contributed by atoms with Gasteiger partial charge in [-0.05, 0) is 43.3 Å². The Hall–Kier alpha value is -2.05. The molecule has 0 fully saturated rings. The van der Waals surface area contributed by atoms with Crippen LogP contribution in [0, 0.1) is 6.92 Å². The Labute approximate surface area is 178 Å². The van der Waals surface area contributed by atoms with E-state index in [1.54, 1.807) is 12.1 Å². The van der Waals surface area contributed by atoms with Crippen molar-refractivity contribution in [3.05, 3.63) is 64.1 Å². The zero-order valence-corrected chi connectivity index (χ0v) is 18.4. The maximum atomic E-state index is 12.3. The lowest BCUT2D eigenvalue weighted by Crippen LogP contribution is -2.25. The molecule has 1 aromatic heterocycles. The zero-order valence-electron chi connectivity index (χ0n) is 15.2. The molecule has 0 unspecified atom stereocenters. The molecule has 154 valence electrons. The number of sulfonamides is 2.